The molecule has 0 N–H and O–H groups in total. The third kappa shape index (κ3) is 9.54. The van der Waals surface area contributed by atoms with Gasteiger partial charge in [-0.15, -0.1) is 0 Å². The summed E-state index contributed by atoms with van der Waals surface area (Å²) in [4.78, 5) is 0. The van der Waals surface area contributed by atoms with E-state index >= 15 is 0 Å². The minimum Gasteiger partial charge on any atom is -0.487 e. The smallest absolute Gasteiger partial charge is 0.161 e. The highest BCUT2D eigenvalue weighted by Gasteiger charge is 2.08. The van der Waals surface area contributed by atoms with E-state index in [1.165, 1.54) is 5.56 Å². The fourth-order valence-corrected chi connectivity index (χ4v) is 3.03. The van der Waals surface area contributed by atoms with E-state index in [-0.39, 0.29) is 0 Å². The van der Waals surface area contributed by atoms with E-state index in [4.69, 9.17) is 33.2 Å². The molecular formula is C25H34O7. The molecule has 7 heteroatoms. The van der Waals surface area contributed by atoms with Gasteiger partial charge >= 0.3 is 0 Å². The zero-order chi connectivity index (χ0) is 22.3. The molecule has 0 atom stereocenters. The molecule has 0 unspecified atom stereocenters. The highest BCUT2D eigenvalue weighted by Crippen LogP contribution is 2.29. The van der Waals surface area contributed by atoms with Crippen LogP contribution in [0.4, 0.5) is 0 Å². The molecule has 2 aromatic rings. The standard InChI is InChI=1S/C25H34O7/c1-21-2-4-22(5-3-21)19-30-20-23-6-7-24-25(18-23)32-17-15-29-13-11-27-9-8-26-10-12-28-14-16-31-24/h2-7,18H,8-17,19-20H2,1H3. The maximum Gasteiger partial charge on any atom is 0.161 e. The Kier molecular flexibility index (Phi) is 11.3. The molecule has 0 fully saturated rings. The maximum absolute atomic E-state index is 5.94. The molecule has 7 nitrogen and oxygen atoms in total. The first-order chi connectivity index (χ1) is 15.8. The highest BCUT2D eigenvalue weighted by molar-refractivity contribution is 5.43. The monoisotopic (exact) mass is 446 g/mol. The second-order valence-electron chi connectivity index (χ2n) is 7.41. The molecule has 0 bridgehead atoms. The Morgan fingerprint density at radius 1 is 0.562 bits per heavy atom. The summed E-state index contributed by atoms with van der Waals surface area (Å²) in [6.07, 6.45) is 0. The summed E-state index contributed by atoms with van der Waals surface area (Å²) >= 11 is 0. The molecule has 0 saturated heterocycles. The van der Waals surface area contributed by atoms with Crippen LogP contribution >= 0.6 is 0 Å². The largest absolute Gasteiger partial charge is 0.487 e. The Morgan fingerprint density at radius 2 is 1.03 bits per heavy atom. The van der Waals surface area contributed by atoms with Crippen molar-refractivity contribution in [3.63, 3.8) is 0 Å². The third-order valence-electron chi connectivity index (χ3n) is 4.75. The van der Waals surface area contributed by atoms with E-state index < -0.39 is 0 Å². The highest BCUT2D eigenvalue weighted by atomic mass is 16.6. The van der Waals surface area contributed by atoms with Crippen molar-refractivity contribution in [2.24, 2.45) is 0 Å². The summed E-state index contributed by atoms with van der Waals surface area (Å²) < 4.78 is 39.7. The van der Waals surface area contributed by atoms with Gasteiger partial charge in [-0.1, -0.05) is 35.9 Å². The van der Waals surface area contributed by atoms with E-state index in [0.29, 0.717) is 90.8 Å². The van der Waals surface area contributed by atoms with Crippen LogP contribution in [0.3, 0.4) is 0 Å². The number of ether oxygens (including phenoxy) is 7. The van der Waals surface area contributed by atoms with Crippen molar-refractivity contribution in [3.8, 4) is 11.5 Å². The van der Waals surface area contributed by atoms with E-state index in [0.717, 1.165) is 11.1 Å². The molecule has 32 heavy (non-hydrogen) atoms. The molecule has 0 radical (unpaired) electrons. The van der Waals surface area contributed by atoms with Crippen molar-refractivity contribution < 1.29 is 33.2 Å². The Morgan fingerprint density at radius 3 is 1.62 bits per heavy atom. The molecule has 0 spiro atoms. The Hall–Kier alpha value is -2.16. The molecule has 2 aromatic carbocycles. The van der Waals surface area contributed by atoms with Crippen LogP contribution in [0.2, 0.25) is 0 Å². The number of hydrogen-bond donors (Lipinski definition) is 0. The van der Waals surface area contributed by atoms with Gasteiger partial charge in [-0.3, -0.25) is 0 Å². The van der Waals surface area contributed by atoms with Crippen molar-refractivity contribution in [3.05, 3.63) is 59.2 Å². The fourth-order valence-electron chi connectivity index (χ4n) is 3.03. The molecule has 176 valence electrons. The number of benzene rings is 2. The summed E-state index contributed by atoms with van der Waals surface area (Å²) in [5.74, 6) is 1.35. The first-order valence-electron chi connectivity index (χ1n) is 11.1. The lowest BCUT2D eigenvalue weighted by Crippen LogP contribution is -2.16. The number of hydrogen-bond acceptors (Lipinski definition) is 7. The molecular weight excluding hydrogens is 412 g/mol. The van der Waals surface area contributed by atoms with Gasteiger partial charge in [-0.2, -0.15) is 0 Å². The molecule has 0 aromatic heterocycles. The minimum absolute atomic E-state index is 0.420. The molecule has 1 aliphatic heterocycles. The molecule has 0 aliphatic carbocycles. The zero-order valence-corrected chi connectivity index (χ0v) is 18.9. The molecule has 0 amide bonds. The zero-order valence-electron chi connectivity index (χ0n) is 18.9. The van der Waals surface area contributed by atoms with Gasteiger partial charge in [0.15, 0.2) is 11.5 Å². The normalized spacial score (nSPS) is 17.3. The topological polar surface area (TPSA) is 64.6 Å². The molecule has 1 aliphatic rings. The maximum atomic E-state index is 5.94. The number of aryl methyl sites for hydroxylation is 1. The van der Waals surface area contributed by atoms with Crippen LogP contribution in [0.1, 0.15) is 16.7 Å². The lowest BCUT2D eigenvalue weighted by atomic mass is 10.2. The first kappa shape index (κ1) is 24.5. The summed E-state index contributed by atoms with van der Waals surface area (Å²) in [6.45, 7) is 8.12. The Bertz CT molecular complexity index is 763. The second-order valence-corrected chi connectivity index (χ2v) is 7.41. The van der Waals surface area contributed by atoms with Crippen molar-refractivity contribution in [2.75, 3.05) is 66.1 Å². The SMILES string of the molecule is Cc1ccc(COCc2ccc3c(c2)OCCOCCOCCOCCOCCO3)cc1. The predicted molar refractivity (Wildman–Crippen MR) is 120 cm³/mol. The van der Waals surface area contributed by atoms with Gasteiger partial charge in [0, 0.05) is 0 Å². The van der Waals surface area contributed by atoms with Crippen LogP contribution in [-0.2, 0) is 36.9 Å². The van der Waals surface area contributed by atoms with Gasteiger partial charge < -0.3 is 33.2 Å². The van der Waals surface area contributed by atoms with Crippen LogP contribution in [0.5, 0.6) is 11.5 Å². The quantitative estimate of drug-likeness (QED) is 0.712. The van der Waals surface area contributed by atoms with Crippen molar-refractivity contribution in [2.45, 2.75) is 20.1 Å². The second kappa shape index (κ2) is 14.8. The lowest BCUT2D eigenvalue weighted by molar-refractivity contribution is -0.00843. The summed E-state index contributed by atoms with van der Waals surface area (Å²) in [7, 11) is 0. The fraction of sp³-hybridized carbons (Fsp3) is 0.520. The first-order valence-corrected chi connectivity index (χ1v) is 11.1. The van der Waals surface area contributed by atoms with Gasteiger partial charge in [-0.05, 0) is 30.2 Å². The predicted octanol–water partition coefficient (Wildman–Crippen LogP) is 3.55. The van der Waals surface area contributed by atoms with E-state index in [2.05, 4.69) is 31.2 Å². The van der Waals surface area contributed by atoms with E-state index in [1.807, 2.05) is 18.2 Å². The molecule has 0 saturated carbocycles. The van der Waals surface area contributed by atoms with E-state index in [9.17, 15) is 0 Å². The molecule has 1 heterocycles. The van der Waals surface area contributed by atoms with Crippen molar-refractivity contribution in [1.82, 2.24) is 0 Å². The van der Waals surface area contributed by atoms with Crippen LogP contribution in [0.15, 0.2) is 42.5 Å². The van der Waals surface area contributed by atoms with Crippen molar-refractivity contribution in [1.29, 1.82) is 0 Å². The summed E-state index contributed by atoms with van der Waals surface area (Å²) in [5, 5.41) is 0. The van der Waals surface area contributed by atoms with Crippen LogP contribution in [0.25, 0.3) is 0 Å². The number of fused-ring (bicyclic) bond motifs is 1. The lowest BCUT2D eigenvalue weighted by Gasteiger charge is -2.15. The third-order valence-corrected chi connectivity index (χ3v) is 4.75. The Balaban J connectivity index is 1.53. The van der Waals surface area contributed by atoms with Gasteiger partial charge in [0.05, 0.1) is 66.1 Å². The average Bonchev–Trinajstić information content (AvgIpc) is 2.80. The van der Waals surface area contributed by atoms with Gasteiger partial charge in [0.2, 0.25) is 0 Å². The molecule has 3 rings (SSSR count). The average molecular weight is 447 g/mol. The van der Waals surface area contributed by atoms with Gasteiger partial charge in [0.1, 0.15) is 13.2 Å². The summed E-state index contributed by atoms with van der Waals surface area (Å²) in [5.41, 5.74) is 3.41. The van der Waals surface area contributed by atoms with Gasteiger partial charge in [-0.25, -0.2) is 0 Å². The van der Waals surface area contributed by atoms with Crippen LogP contribution in [-0.4, -0.2) is 66.1 Å². The summed E-state index contributed by atoms with van der Waals surface area (Å²) in [6, 6.07) is 14.2. The number of rotatable bonds is 4. The Labute approximate surface area is 190 Å². The minimum atomic E-state index is 0.420. The van der Waals surface area contributed by atoms with Crippen LogP contribution < -0.4 is 9.47 Å². The van der Waals surface area contributed by atoms with E-state index in [1.54, 1.807) is 0 Å². The van der Waals surface area contributed by atoms with Gasteiger partial charge in [0.25, 0.3) is 0 Å². The van der Waals surface area contributed by atoms with Crippen LogP contribution in [0, 0.1) is 6.92 Å². The van der Waals surface area contributed by atoms with Crippen molar-refractivity contribution >= 4 is 0 Å².